The van der Waals surface area contributed by atoms with Gasteiger partial charge in [-0.3, -0.25) is 14.6 Å². The van der Waals surface area contributed by atoms with E-state index in [0.29, 0.717) is 22.6 Å². The summed E-state index contributed by atoms with van der Waals surface area (Å²) in [5.41, 5.74) is 1.97. The summed E-state index contributed by atoms with van der Waals surface area (Å²) in [4.78, 5) is 31.3. The van der Waals surface area contributed by atoms with Crippen LogP contribution >= 0.6 is 0 Å². The maximum atomic E-state index is 13.0. The molecule has 0 aliphatic carbocycles. The summed E-state index contributed by atoms with van der Waals surface area (Å²) >= 11 is 0. The number of aryl methyl sites for hydroxylation is 1. The summed E-state index contributed by atoms with van der Waals surface area (Å²) in [6.07, 6.45) is 4.71. The number of carbonyl (C=O) groups excluding carboxylic acids is 2. The maximum Gasteiger partial charge on any atom is 0.296 e. The van der Waals surface area contributed by atoms with Gasteiger partial charge in [-0.1, -0.05) is 0 Å². The van der Waals surface area contributed by atoms with Crippen LogP contribution in [-0.2, 0) is 16.1 Å². The number of rotatable bonds is 5. The monoisotopic (exact) mass is 404 g/mol. The van der Waals surface area contributed by atoms with Crippen LogP contribution in [0.2, 0.25) is 0 Å². The molecule has 0 spiro atoms. The van der Waals surface area contributed by atoms with Crippen LogP contribution in [0.4, 0.5) is 0 Å². The molecule has 1 fully saturated rings. The Kier molecular flexibility index (Phi) is 5.10. The van der Waals surface area contributed by atoms with E-state index in [4.69, 9.17) is 9.15 Å². The van der Waals surface area contributed by atoms with Gasteiger partial charge in [-0.15, -0.1) is 0 Å². The molecule has 7 heteroatoms. The standard InChI is InChI=1S/C23H20N2O5/c1-14-12-16(29-2)5-6-17(14)21(26)19-20(18-4-3-11-30-18)25(23(28)22(19)27)13-15-7-9-24-10-8-15/h3-12,20,26H,13H2,1-2H3/b21-19-. The van der Waals surface area contributed by atoms with Gasteiger partial charge in [-0.05, 0) is 60.5 Å². The molecular formula is C23H20N2O5. The summed E-state index contributed by atoms with van der Waals surface area (Å²) in [6.45, 7) is 1.98. The first-order chi connectivity index (χ1) is 14.5. The van der Waals surface area contributed by atoms with Crippen LogP contribution in [0.3, 0.4) is 0 Å². The van der Waals surface area contributed by atoms with Gasteiger partial charge in [0, 0.05) is 24.5 Å². The molecule has 1 aliphatic rings. The predicted octanol–water partition coefficient (Wildman–Crippen LogP) is 3.61. The van der Waals surface area contributed by atoms with Crippen molar-refractivity contribution in [2.75, 3.05) is 7.11 Å². The van der Waals surface area contributed by atoms with Gasteiger partial charge in [0.1, 0.15) is 23.3 Å². The van der Waals surface area contributed by atoms with E-state index in [1.54, 1.807) is 68.9 Å². The molecule has 152 valence electrons. The van der Waals surface area contributed by atoms with Gasteiger partial charge in [0.25, 0.3) is 11.7 Å². The molecule has 1 N–H and O–H groups in total. The van der Waals surface area contributed by atoms with E-state index >= 15 is 0 Å². The van der Waals surface area contributed by atoms with Crippen molar-refractivity contribution >= 4 is 17.4 Å². The molecule has 0 saturated carbocycles. The molecule has 1 saturated heterocycles. The van der Waals surface area contributed by atoms with E-state index in [-0.39, 0.29) is 17.9 Å². The minimum Gasteiger partial charge on any atom is -0.507 e. The zero-order valence-electron chi connectivity index (χ0n) is 16.5. The molecule has 4 rings (SSSR count). The van der Waals surface area contributed by atoms with Crippen LogP contribution in [0, 0.1) is 6.92 Å². The summed E-state index contributed by atoms with van der Waals surface area (Å²) < 4.78 is 10.8. The van der Waals surface area contributed by atoms with Crippen molar-refractivity contribution in [1.82, 2.24) is 9.88 Å². The van der Waals surface area contributed by atoms with Crippen molar-refractivity contribution in [1.29, 1.82) is 0 Å². The zero-order chi connectivity index (χ0) is 21.3. The molecule has 1 amide bonds. The van der Waals surface area contributed by atoms with Crippen molar-refractivity contribution in [3.63, 3.8) is 0 Å². The molecule has 3 aromatic rings. The lowest BCUT2D eigenvalue weighted by atomic mass is 9.97. The van der Waals surface area contributed by atoms with Crippen molar-refractivity contribution in [2.24, 2.45) is 0 Å². The van der Waals surface area contributed by atoms with Crippen LogP contribution in [0.15, 0.2) is 71.1 Å². The van der Waals surface area contributed by atoms with Gasteiger partial charge < -0.3 is 19.2 Å². The predicted molar refractivity (Wildman–Crippen MR) is 109 cm³/mol. The molecule has 30 heavy (non-hydrogen) atoms. The number of nitrogens with zero attached hydrogens (tertiary/aromatic N) is 2. The molecule has 7 nitrogen and oxygen atoms in total. The molecule has 2 aromatic heterocycles. The third-order valence-corrected chi connectivity index (χ3v) is 5.14. The number of furan rings is 1. The van der Waals surface area contributed by atoms with Gasteiger partial charge in [0.2, 0.25) is 0 Å². The van der Waals surface area contributed by atoms with Gasteiger partial charge >= 0.3 is 0 Å². The highest BCUT2D eigenvalue weighted by atomic mass is 16.5. The Labute approximate surface area is 173 Å². The molecule has 1 unspecified atom stereocenters. The van der Waals surface area contributed by atoms with E-state index in [1.165, 1.54) is 11.2 Å². The Bertz CT molecular complexity index is 1120. The normalized spacial score (nSPS) is 18.1. The summed E-state index contributed by atoms with van der Waals surface area (Å²) in [5.74, 6) is -0.660. The lowest BCUT2D eigenvalue weighted by Crippen LogP contribution is -2.29. The lowest BCUT2D eigenvalue weighted by molar-refractivity contribution is -0.140. The van der Waals surface area contributed by atoms with Gasteiger partial charge in [0.05, 0.1) is 18.9 Å². The van der Waals surface area contributed by atoms with Crippen molar-refractivity contribution in [3.05, 3.63) is 89.1 Å². The third-order valence-electron chi connectivity index (χ3n) is 5.14. The van der Waals surface area contributed by atoms with E-state index in [2.05, 4.69) is 4.98 Å². The van der Waals surface area contributed by atoms with E-state index in [1.807, 2.05) is 0 Å². The minimum absolute atomic E-state index is 0.00253. The zero-order valence-corrected chi connectivity index (χ0v) is 16.5. The molecular weight excluding hydrogens is 384 g/mol. The number of benzene rings is 1. The SMILES string of the molecule is COc1ccc(/C(O)=C2/C(=O)C(=O)N(Cc3ccncc3)C2c2ccco2)c(C)c1. The van der Waals surface area contributed by atoms with Crippen molar-refractivity contribution in [2.45, 2.75) is 19.5 Å². The smallest absolute Gasteiger partial charge is 0.296 e. The largest absolute Gasteiger partial charge is 0.507 e. The van der Waals surface area contributed by atoms with E-state index < -0.39 is 17.7 Å². The lowest BCUT2D eigenvalue weighted by Gasteiger charge is -2.23. The second kappa shape index (κ2) is 7.87. The van der Waals surface area contributed by atoms with E-state index in [9.17, 15) is 14.7 Å². The van der Waals surface area contributed by atoms with Crippen LogP contribution in [0.1, 0.15) is 28.5 Å². The molecule has 3 heterocycles. The number of ether oxygens (including phenoxy) is 1. The van der Waals surface area contributed by atoms with Gasteiger partial charge in [0.15, 0.2) is 0 Å². The third kappa shape index (κ3) is 3.34. The van der Waals surface area contributed by atoms with Crippen molar-refractivity contribution < 1.29 is 23.8 Å². The number of methoxy groups -OCH3 is 1. The summed E-state index contributed by atoms with van der Waals surface area (Å²) in [7, 11) is 1.55. The topological polar surface area (TPSA) is 92.9 Å². The van der Waals surface area contributed by atoms with Crippen LogP contribution < -0.4 is 4.74 Å². The number of carbonyl (C=O) groups is 2. The van der Waals surface area contributed by atoms with Gasteiger partial charge in [-0.2, -0.15) is 0 Å². The second-order valence-electron chi connectivity index (χ2n) is 6.98. The first-order valence-corrected chi connectivity index (χ1v) is 9.37. The quantitative estimate of drug-likeness (QED) is 0.397. The number of Topliss-reactive ketones (excluding diaryl/α,β-unsaturated/α-hetero) is 1. The number of hydrogen-bond donors (Lipinski definition) is 1. The Morgan fingerprint density at radius 3 is 2.60 bits per heavy atom. The Morgan fingerprint density at radius 1 is 1.20 bits per heavy atom. The fourth-order valence-electron chi connectivity index (χ4n) is 3.64. The van der Waals surface area contributed by atoms with Crippen LogP contribution in [0.5, 0.6) is 5.75 Å². The Balaban J connectivity index is 1.84. The number of likely N-dealkylation sites (tertiary alicyclic amines) is 1. The number of aliphatic hydroxyl groups is 1. The fraction of sp³-hybridized carbons (Fsp3) is 0.174. The average Bonchev–Trinajstić information content (AvgIpc) is 3.37. The molecule has 0 bridgehead atoms. The highest BCUT2D eigenvalue weighted by Gasteiger charge is 2.47. The van der Waals surface area contributed by atoms with Crippen molar-refractivity contribution in [3.8, 4) is 5.75 Å². The second-order valence-corrected chi connectivity index (χ2v) is 6.98. The fourth-order valence-corrected chi connectivity index (χ4v) is 3.64. The summed E-state index contributed by atoms with van der Waals surface area (Å²) in [6, 6.07) is 11.2. The first kappa shape index (κ1) is 19.4. The number of ketones is 1. The number of aromatic nitrogens is 1. The molecule has 1 aromatic carbocycles. The summed E-state index contributed by atoms with van der Waals surface area (Å²) in [5, 5.41) is 11.1. The van der Waals surface area contributed by atoms with E-state index in [0.717, 1.165) is 5.56 Å². The van der Waals surface area contributed by atoms with Crippen LogP contribution in [0.25, 0.3) is 5.76 Å². The number of amides is 1. The molecule has 1 atom stereocenters. The molecule has 1 aliphatic heterocycles. The molecule has 0 radical (unpaired) electrons. The Hall–Kier alpha value is -3.87. The van der Waals surface area contributed by atoms with Crippen LogP contribution in [-0.4, -0.2) is 33.8 Å². The Morgan fingerprint density at radius 2 is 1.97 bits per heavy atom. The van der Waals surface area contributed by atoms with Gasteiger partial charge in [-0.25, -0.2) is 0 Å². The number of pyridine rings is 1. The average molecular weight is 404 g/mol. The number of aliphatic hydroxyl groups excluding tert-OH is 1. The first-order valence-electron chi connectivity index (χ1n) is 9.37. The highest BCUT2D eigenvalue weighted by Crippen LogP contribution is 2.41. The number of hydrogen-bond acceptors (Lipinski definition) is 6. The minimum atomic E-state index is -0.838. The highest BCUT2D eigenvalue weighted by molar-refractivity contribution is 6.46. The maximum absolute atomic E-state index is 13.0.